The molecule has 0 unspecified atom stereocenters. The van der Waals surface area contributed by atoms with Crippen molar-refractivity contribution < 1.29 is 4.79 Å². The second-order valence-electron chi connectivity index (χ2n) is 7.21. The number of aromatic nitrogens is 3. The molecule has 1 aromatic carbocycles. The summed E-state index contributed by atoms with van der Waals surface area (Å²) in [5, 5.41) is 9.64. The van der Waals surface area contributed by atoms with Crippen LogP contribution < -0.4 is 0 Å². The van der Waals surface area contributed by atoms with Gasteiger partial charge >= 0.3 is 0 Å². The molecule has 1 aliphatic rings. The van der Waals surface area contributed by atoms with Crippen LogP contribution in [0.15, 0.2) is 47.6 Å². The van der Waals surface area contributed by atoms with Gasteiger partial charge in [-0.15, -0.1) is 10.2 Å². The van der Waals surface area contributed by atoms with Crippen molar-refractivity contribution >= 4 is 17.7 Å². The van der Waals surface area contributed by atoms with Crippen LogP contribution in [0.25, 0.3) is 5.69 Å². The van der Waals surface area contributed by atoms with Crippen LogP contribution in [-0.4, -0.2) is 62.4 Å². The molecule has 0 saturated carbocycles. The lowest BCUT2D eigenvalue weighted by atomic mass is 10.3. The molecule has 1 aromatic heterocycles. The monoisotopic (exact) mass is 399 g/mol. The third kappa shape index (κ3) is 5.23. The van der Waals surface area contributed by atoms with Crippen LogP contribution in [0.1, 0.15) is 32.5 Å². The van der Waals surface area contributed by atoms with Crippen LogP contribution in [0.2, 0.25) is 0 Å². The summed E-state index contributed by atoms with van der Waals surface area (Å²) in [4.78, 5) is 16.8. The minimum Gasteiger partial charge on any atom is -0.338 e. The summed E-state index contributed by atoms with van der Waals surface area (Å²) >= 11 is 1.45. The lowest BCUT2D eigenvalue weighted by Gasteiger charge is -2.20. The molecule has 0 bridgehead atoms. The van der Waals surface area contributed by atoms with Crippen molar-refractivity contribution in [2.75, 3.05) is 31.9 Å². The number of thioether (sulfide) groups is 1. The number of para-hydroxylation sites is 1. The van der Waals surface area contributed by atoms with E-state index in [1.807, 2.05) is 36.9 Å². The van der Waals surface area contributed by atoms with Gasteiger partial charge in [0.2, 0.25) is 5.91 Å². The van der Waals surface area contributed by atoms with Crippen molar-refractivity contribution in [1.82, 2.24) is 24.6 Å². The summed E-state index contributed by atoms with van der Waals surface area (Å²) < 4.78 is 2.09. The molecule has 0 spiro atoms. The average molecular weight is 400 g/mol. The fourth-order valence-corrected chi connectivity index (χ4v) is 4.27. The summed E-state index contributed by atoms with van der Waals surface area (Å²) in [6.07, 6.45) is 2.48. The lowest BCUT2D eigenvalue weighted by molar-refractivity contribution is -0.127. The predicted molar refractivity (Wildman–Crippen MR) is 114 cm³/mol. The molecule has 1 amide bonds. The maximum Gasteiger partial charge on any atom is 0.233 e. The van der Waals surface area contributed by atoms with E-state index in [9.17, 15) is 4.79 Å². The van der Waals surface area contributed by atoms with Gasteiger partial charge in [0.25, 0.3) is 0 Å². The molecule has 6 nitrogen and oxygen atoms in total. The van der Waals surface area contributed by atoms with Crippen molar-refractivity contribution in [1.29, 1.82) is 0 Å². The summed E-state index contributed by atoms with van der Waals surface area (Å²) in [5.41, 5.74) is 2.02. The molecule has 28 heavy (non-hydrogen) atoms. The molecule has 0 aliphatic carbocycles. The highest BCUT2D eigenvalue weighted by atomic mass is 32.2. The maximum atomic E-state index is 12.6. The van der Waals surface area contributed by atoms with E-state index in [1.165, 1.54) is 24.6 Å². The zero-order valence-electron chi connectivity index (χ0n) is 16.8. The van der Waals surface area contributed by atoms with Crippen LogP contribution >= 0.6 is 11.8 Å². The maximum absolute atomic E-state index is 12.6. The van der Waals surface area contributed by atoms with Crippen LogP contribution in [0.4, 0.5) is 0 Å². The predicted octanol–water partition coefficient (Wildman–Crippen LogP) is 3.38. The van der Waals surface area contributed by atoms with E-state index in [4.69, 9.17) is 0 Å². The number of hydrogen-bond donors (Lipinski definition) is 0. The van der Waals surface area contributed by atoms with E-state index < -0.39 is 0 Å². The number of hydrogen-bond acceptors (Lipinski definition) is 5. The Hall–Kier alpha value is -2.12. The van der Waals surface area contributed by atoms with Crippen molar-refractivity contribution in [2.24, 2.45) is 0 Å². The van der Waals surface area contributed by atoms with E-state index in [0.717, 1.165) is 41.9 Å². The molecule has 0 N–H and O–H groups in total. The first-order valence-electron chi connectivity index (χ1n) is 9.85. The van der Waals surface area contributed by atoms with E-state index in [-0.39, 0.29) is 5.91 Å². The number of carbonyl (C=O) groups excluding carboxylic acids is 1. The molecule has 7 heteroatoms. The smallest absolute Gasteiger partial charge is 0.233 e. The third-order valence-corrected chi connectivity index (χ3v) is 5.71. The topological polar surface area (TPSA) is 54.3 Å². The summed E-state index contributed by atoms with van der Waals surface area (Å²) in [5.74, 6) is 1.37. The Kier molecular flexibility index (Phi) is 7.28. The standard InChI is InChI=1S/C21H29N5OS/c1-4-25(14-17(2)3)20(27)16-28-21-23-22-19(15-24-12-8-9-13-24)26(21)18-10-6-5-7-11-18/h5-7,10-11H,2,4,8-9,12-16H2,1,3H3. The highest BCUT2D eigenvalue weighted by Gasteiger charge is 2.21. The van der Waals surface area contributed by atoms with Gasteiger partial charge in [0.05, 0.1) is 12.3 Å². The van der Waals surface area contributed by atoms with Gasteiger partial charge in [-0.25, -0.2) is 0 Å². The normalized spacial score (nSPS) is 14.4. The SMILES string of the molecule is C=C(C)CN(CC)C(=O)CSc1nnc(CN2CCCC2)n1-c1ccccc1. The van der Waals surface area contributed by atoms with Crippen LogP contribution in [0.3, 0.4) is 0 Å². The molecule has 150 valence electrons. The zero-order valence-corrected chi connectivity index (χ0v) is 17.6. The van der Waals surface area contributed by atoms with Gasteiger partial charge in [0, 0.05) is 18.8 Å². The molecular weight excluding hydrogens is 370 g/mol. The number of likely N-dealkylation sites (tertiary alicyclic amines) is 1. The van der Waals surface area contributed by atoms with Crippen molar-refractivity contribution in [3.8, 4) is 5.69 Å². The quantitative estimate of drug-likeness (QED) is 0.478. The number of rotatable bonds is 9. The molecule has 1 aliphatic heterocycles. The second-order valence-corrected chi connectivity index (χ2v) is 8.15. The number of likely N-dealkylation sites (N-methyl/N-ethyl adjacent to an activating group) is 1. The number of benzene rings is 1. The number of carbonyl (C=O) groups is 1. The van der Waals surface area contributed by atoms with Crippen LogP contribution in [-0.2, 0) is 11.3 Å². The van der Waals surface area contributed by atoms with Gasteiger partial charge in [-0.05, 0) is 51.9 Å². The van der Waals surface area contributed by atoms with Crippen LogP contribution in [0, 0.1) is 0 Å². The van der Waals surface area contributed by atoms with Gasteiger partial charge in [-0.1, -0.05) is 42.1 Å². The zero-order chi connectivity index (χ0) is 19.9. The minimum atomic E-state index is 0.0965. The Balaban J connectivity index is 1.77. The lowest BCUT2D eigenvalue weighted by Crippen LogP contribution is -2.33. The first-order chi connectivity index (χ1) is 13.6. The largest absolute Gasteiger partial charge is 0.338 e. The molecule has 3 rings (SSSR count). The highest BCUT2D eigenvalue weighted by molar-refractivity contribution is 7.99. The average Bonchev–Trinajstić information content (AvgIpc) is 3.35. The molecule has 1 saturated heterocycles. The Bertz CT molecular complexity index is 798. The van der Waals surface area contributed by atoms with E-state index >= 15 is 0 Å². The van der Waals surface area contributed by atoms with Gasteiger partial charge in [-0.3, -0.25) is 14.3 Å². The molecule has 0 atom stereocenters. The van der Waals surface area contributed by atoms with Crippen LogP contribution in [0.5, 0.6) is 0 Å². The van der Waals surface area contributed by atoms with E-state index in [0.29, 0.717) is 18.8 Å². The third-order valence-electron chi connectivity index (χ3n) is 4.80. The first-order valence-corrected chi connectivity index (χ1v) is 10.8. The fraction of sp³-hybridized carbons (Fsp3) is 0.476. The summed E-state index contributed by atoms with van der Waals surface area (Å²) in [7, 11) is 0. The van der Waals surface area contributed by atoms with Gasteiger partial charge in [-0.2, -0.15) is 0 Å². The Morgan fingerprint density at radius 1 is 1.21 bits per heavy atom. The van der Waals surface area contributed by atoms with Gasteiger partial charge in [0.1, 0.15) is 0 Å². The Morgan fingerprint density at radius 3 is 2.57 bits per heavy atom. The molecule has 1 fully saturated rings. The summed E-state index contributed by atoms with van der Waals surface area (Å²) in [6.45, 7) is 12.1. The van der Waals surface area contributed by atoms with Crippen molar-refractivity contribution in [2.45, 2.75) is 38.4 Å². The summed E-state index contributed by atoms with van der Waals surface area (Å²) in [6, 6.07) is 10.1. The first kappa shape index (κ1) is 20.6. The van der Waals surface area contributed by atoms with Gasteiger partial charge in [0.15, 0.2) is 11.0 Å². The molecule has 2 heterocycles. The van der Waals surface area contributed by atoms with Crippen molar-refractivity contribution in [3.63, 3.8) is 0 Å². The number of amides is 1. The second kappa shape index (κ2) is 9.89. The van der Waals surface area contributed by atoms with E-state index in [1.54, 1.807) is 0 Å². The van der Waals surface area contributed by atoms with E-state index in [2.05, 4.69) is 38.4 Å². The van der Waals surface area contributed by atoms with Crippen molar-refractivity contribution in [3.05, 3.63) is 48.3 Å². The number of nitrogens with zero attached hydrogens (tertiary/aromatic N) is 5. The Labute approximate surface area is 171 Å². The molecular formula is C21H29N5OS. The highest BCUT2D eigenvalue weighted by Crippen LogP contribution is 2.24. The molecule has 0 radical (unpaired) electrons. The van der Waals surface area contributed by atoms with Gasteiger partial charge < -0.3 is 4.90 Å². The Morgan fingerprint density at radius 2 is 1.93 bits per heavy atom. The molecule has 2 aromatic rings. The minimum absolute atomic E-state index is 0.0965. The fourth-order valence-electron chi connectivity index (χ4n) is 3.39.